The molecule has 0 aromatic heterocycles. The molecular weight excluding hydrogens is 386 g/mol. The Balaban J connectivity index is -0.0000000267. The third kappa shape index (κ3) is 50.9. The van der Waals surface area contributed by atoms with Gasteiger partial charge in [0.2, 0.25) is 0 Å². The fraction of sp³-hybridized carbons (Fsp3) is 0. The second-order valence-corrected chi connectivity index (χ2v) is 1.56. The normalized spacial score (nSPS) is 7.25. The summed E-state index contributed by atoms with van der Waals surface area (Å²) in [5.41, 5.74) is 0. The number of hydrogen-bond donors (Lipinski definition) is 0. The summed E-state index contributed by atoms with van der Waals surface area (Å²) in [5.74, 6) is 0. The van der Waals surface area contributed by atoms with Crippen LogP contribution in [-0.2, 0) is 21.0 Å². The molecule has 0 aliphatic carbocycles. The number of rotatable bonds is 0. The van der Waals surface area contributed by atoms with Crippen LogP contribution in [0.2, 0.25) is 0 Å². The number of hydrogen-bond acceptors (Lipinski definition) is 4. The van der Waals surface area contributed by atoms with Crippen molar-refractivity contribution in [2.24, 2.45) is 0 Å². The molecule has 8 heavy (non-hydrogen) atoms. The Morgan fingerprint density at radius 2 is 1.12 bits per heavy atom. The van der Waals surface area contributed by atoms with E-state index in [1.165, 1.54) is 0 Å². The largest absolute Gasteiger partial charge is 2.00 e. The molecule has 0 heterocycles. The maximum absolute atomic E-state index is 8.58. The summed E-state index contributed by atoms with van der Waals surface area (Å²) >= 11 is -5.62. The maximum Gasteiger partial charge on any atom is 2.00 e. The van der Waals surface area contributed by atoms with Crippen LogP contribution in [-0.4, -0.2) is 83.2 Å². The first-order chi connectivity index (χ1) is 2.00. The predicted octanol–water partition coefficient (Wildman–Crippen LogP) is -3.38. The molecule has 8 heteroatoms. The van der Waals surface area contributed by atoms with E-state index in [0.29, 0.717) is 0 Å². The molecule has 0 rings (SSSR count). The maximum atomic E-state index is 8.58. The van der Waals surface area contributed by atoms with Crippen molar-refractivity contribution in [1.82, 2.24) is 0 Å². The van der Waals surface area contributed by atoms with Crippen molar-refractivity contribution >= 4 is 83.2 Å². The molecule has 0 unspecified atom stereocenters. The van der Waals surface area contributed by atoms with Gasteiger partial charge in [0.15, 0.2) is 0 Å². The van der Waals surface area contributed by atoms with Crippen LogP contribution in [0.1, 0.15) is 0 Å². The van der Waals surface area contributed by atoms with E-state index in [9.17, 15) is 0 Å². The Hall–Kier alpha value is 3.97. The summed E-state index contributed by atoms with van der Waals surface area (Å²) in [4.78, 5) is 0. The smallest absolute Gasteiger partial charge is 2.00 e. The Morgan fingerprint density at radius 3 is 1.12 bits per heavy atom. The summed E-state index contributed by atoms with van der Waals surface area (Å²) in [5, 5.41) is 0. The van der Waals surface area contributed by atoms with Crippen LogP contribution < -0.4 is 8.38 Å². The molecule has 0 saturated carbocycles. The molecule has 0 bridgehead atoms. The van der Waals surface area contributed by atoms with Gasteiger partial charge in [0.05, 0.1) is 0 Å². The van der Waals surface area contributed by atoms with E-state index < -0.39 is 13.4 Å². The van der Waals surface area contributed by atoms with E-state index in [2.05, 4.69) is 0 Å². The van der Waals surface area contributed by atoms with Gasteiger partial charge in [-0.3, -0.25) is 0 Å². The molecule has 0 spiro atoms. The molecule has 4 nitrogen and oxygen atoms in total. The molecule has 0 radical (unpaired) electrons. The van der Waals surface area contributed by atoms with Crippen LogP contribution in [0.15, 0.2) is 0 Å². The average molecular weight is 386 g/mol. The van der Waals surface area contributed by atoms with Crippen molar-refractivity contribution in [2.45, 2.75) is 0 Å². The molecule has 0 aromatic rings. The van der Waals surface area contributed by atoms with E-state index in [1.807, 2.05) is 0 Å². The molecule has 0 aromatic carbocycles. The quantitative estimate of drug-likeness (QED) is 0.408. The molecule has 0 aliphatic rings. The molecule has 0 amide bonds. The third-order valence-corrected chi connectivity index (χ3v) is 0. The fourth-order valence-electron chi connectivity index (χ4n) is 0. The van der Waals surface area contributed by atoms with E-state index in [4.69, 9.17) is 16.0 Å². The van der Waals surface area contributed by atoms with Crippen LogP contribution in [0, 0.1) is 35.6 Å². The Morgan fingerprint density at radius 1 is 1.12 bits per heavy atom. The average Bonchev–Trinajstić information content (AvgIpc) is 0.722. The van der Waals surface area contributed by atoms with E-state index >= 15 is 0 Å². The van der Waals surface area contributed by atoms with Crippen molar-refractivity contribution in [2.75, 3.05) is 0 Å². The zero-order valence-electron chi connectivity index (χ0n) is 4.00. The summed E-state index contributed by atoms with van der Waals surface area (Å²) in [7, 11) is 0. The first-order valence-electron chi connectivity index (χ1n) is 0.617. The standard InChI is InChI=1S/Ca.La.Mn.4O.Sr/q+2;+3;;;;2*-1;+2. The van der Waals surface area contributed by atoms with Crippen LogP contribution in [0.4, 0.5) is 0 Å². The van der Waals surface area contributed by atoms with Crippen molar-refractivity contribution < 1.29 is 65.0 Å². The topological polar surface area (TPSA) is 80.3 Å². The molecule has 0 atom stereocenters. The first kappa shape index (κ1) is 22.7. The van der Waals surface area contributed by atoms with Crippen molar-refractivity contribution in [3.8, 4) is 0 Å². The van der Waals surface area contributed by atoms with Crippen molar-refractivity contribution in [3.05, 3.63) is 0 Å². The van der Waals surface area contributed by atoms with Gasteiger partial charge in [-0.25, -0.2) is 0 Å². The minimum atomic E-state index is -5.62. The fourth-order valence-corrected chi connectivity index (χ4v) is 0. The predicted molar refractivity (Wildman–Crippen MR) is 12.9 cm³/mol. The van der Waals surface area contributed by atoms with Gasteiger partial charge in [0, 0.05) is 0 Å². The van der Waals surface area contributed by atoms with Crippen LogP contribution in [0.5, 0.6) is 0 Å². The summed E-state index contributed by atoms with van der Waals surface area (Å²) in [6.07, 6.45) is 0. The molecule has 0 saturated heterocycles. The van der Waals surface area contributed by atoms with Gasteiger partial charge >= 0.3 is 148 Å². The molecule has 0 aliphatic heterocycles. The summed E-state index contributed by atoms with van der Waals surface area (Å²) < 4.78 is 34.3. The Bertz CT molecular complexity index is 99.2. The zero-order chi connectivity index (χ0) is 4.50. The Labute approximate surface area is 144 Å². The van der Waals surface area contributed by atoms with E-state index in [1.54, 1.807) is 0 Å². The van der Waals surface area contributed by atoms with Gasteiger partial charge in [-0.1, -0.05) is 0 Å². The second kappa shape index (κ2) is 11.0. The van der Waals surface area contributed by atoms with Gasteiger partial charge in [-0.15, -0.1) is 0 Å². The Kier molecular flexibility index (Phi) is 31.1. The molecule has 0 fully saturated rings. The third-order valence-electron chi connectivity index (χ3n) is 0. The van der Waals surface area contributed by atoms with Crippen LogP contribution >= 0.6 is 0 Å². The van der Waals surface area contributed by atoms with Gasteiger partial charge in [0.25, 0.3) is 0 Å². The minimum Gasteiger partial charge on any atom is 2.00 e. The van der Waals surface area contributed by atoms with Crippen molar-refractivity contribution in [3.63, 3.8) is 0 Å². The molecular formula is CaLaMnO4Sr+5. The molecule has 0 N–H and O–H groups in total. The van der Waals surface area contributed by atoms with E-state index in [-0.39, 0.29) is 119 Å². The van der Waals surface area contributed by atoms with Gasteiger partial charge in [0.1, 0.15) is 0 Å². The summed E-state index contributed by atoms with van der Waals surface area (Å²) in [6.45, 7) is 0. The van der Waals surface area contributed by atoms with Gasteiger partial charge in [-0.2, -0.15) is 0 Å². The summed E-state index contributed by atoms with van der Waals surface area (Å²) in [6, 6.07) is 0. The minimum absolute atomic E-state index is 0. The SMILES string of the molecule is [Ca+2].[La+3].[O]=[Mn](=[O])([O-])[O-].[Sr+2]. The van der Waals surface area contributed by atoms with Crippen molar-refractivity contribution in [1.29, 1.82) is 0 Å². The van der Waals surface area contributed by atoms with Gasteiger partial charge < -0.3 is 0 Å². The first-order valence-corrected chi connectivity index (χ1v) is 2.54. The van der Waals surface area contributed by atoms with E-state index in [0.717, 1.165) is 0 Å². The van der Waals surface area contributed by atoms with Crippen LogP contribution in [0.25, 0.3) is 0 Å². The monoisotopic (exact) mass is 386 g/mol. The second-order valence-electron chi connectivity index (χ2n) is 0.378. The van der Waals surface area contributed by atoms with Crippen LogP contribution in [0.3, 0.4) is 0 Å². The zero-order valence-corrected chi connectivity index (χ0v) is 14.5. The molecule has 33 valence electrons. The van der Waals surface area contributed by atoms with Gasteiger partial charge in [-0.05, 0) is 0 Å².